The highest BCUT2D eigenvalue weighted by Crippen LogP contribution is 2.34. The number of hydrogen-bond donors (Lipinski definition) is 3. The van der Waals surface area contributed by atoms with Crippen molar-refractivity contribution in [2.45, 2.75) is 46.4 Å². The second-order valence-corrected chi connectivity index (χ2v) is 9.27. The van der Waals surface area contributed by atoms with Crippen LogP contribution >= 0.6 is 0 Å². The van der Waals surface area contributed by atoms with Gasteiger partial charge in [-0.25, -0.2) is 14.6 Å². The molecule has 0 saturated carbocycles. The molecular weight excluding hydrogens is 488 g/mol. The molecule has 1 atom stereocenters. The molecule has 0 aliphatic heterocycles. The number of aliphatic hydroxyl groups excluding tert-OH is 2. The van der Waals surface area contributed by atoms with E-state index in [9.17, 15) is 14.7 Å². The van der Waals surface area contributed by atoms with Crippen LogP contribution in [-0.4, -0.2) is 39.3 Å². The van der Waals surface area contributed by atoms with Crippen molar-refractivity contribution in [3.05, 3.63) is 103 Å². The summed E-state index contributed by atoms with van der Waals surface area (Å²) in [5.41, 5.74) is 6.81. The molecule has 0 bridgehead atoms. The molecule has 0 aliphatic rings. The maximum Gasteiger partial charge on any atom is 0.440 e. The van der Waals surface area contributed by atoms with Gasteiger partial charge >= 0.3 is 11.4 Å². The van der Waals surface area contributed by atoms with Crippen LogP contribution in [0.25, 0.3) is 11.1 Å². The van der Waals surface area contributed by atoms with Gasteiger partial charge in [0.05, 0.1) is 25.9 Å². The standard InChI is InChI=1S/C29H32N2O7/c1-18-13-25(36-12-11-23(33)16-32)14-19(2)27(18)26-6-4-5-22(20(26)3)17-37-24-9-7-21(8-10-24)15-31-28(34)30-29(35)38-31/h4-10,13-14,23,32-33H,11-12,15-17H2,1-3H3,(H,30,34,35)/t23-/m1/s1. The van der Waals surface area contributed by atoms with Gasteiger partial charge < -0.3 is 24.2 Å². The Hall–Kier alpha value is -4.08. The van der Waals surface area contributed by atoms with E-state index in [4.69, 9.17) is 19.1 Å². The van der Waals surface area contributed by atoms with Crippen LogP contribution < -0.4 is 20.9 Å². The van der Waals surface area contributed by atoms with E-state index in [1.54, 1.807) is 0 Å². The first kappa shape index (κ1) is 27.0. The van der Waals surface area contributed by atoms with Gasteiger partial charge in [-0.3, -0.25) is 0 Å². The Bertz CT molecular complexity index is 1480. The number of aryl methyl sites for hydroxylation is 2. The average molecular weight is 521 g/mol. The quantitative estimate of drug-likeness (QED) is 0.276. The van der Waals surface area contributed by atoms with Crippen LogP contribution in [0, 0.1) is 20.8 Å². The number of ether oxygens (including phenoxy) is 2. The highest BCUT2D eigenvalue weighted by atomic mass is 16.5. The smallest absolute Gasteiger partial charge is 0.440 e. The molecule has 200 valence electrons. The largest absolute Gasteiger partial charge is 0.493 e. The van der Waals surface area contributed by atoms with E-state index in [1.165, 1.54) is 0 Å². The lowest BCUT2D eigenvalue weighted by Crippen LogP contribution is -2.17. The number of hydrogen-bond acceptors (Lipinski definition) is 7. The first-order valence-corrected chi connectivity index (χ1v) is 12.4. The van der Waals surface area contributed by atoms with Gasteiger partial charge in [0.2, 0.25) is 0 Å². The second kappa shape index (κ2) is 12.0. The maximum absolute atomic E-state index is 11.6. The summed E-state index contributed by atoms with van der Waals surface area (Å²) in [4.78, 5) is 24.8. The minimum absolute atomic E-state index is 0.145. The number of rotatable bonds is 11. The van der Waals surface area contributed by atoms with Crippen molar-refractivity contribution in [1.29, 1.82) is 0 Å². The molecule has 1 heterocycles. The molecule has 3 N–H and O–H groups in total. The third kappa shape index (κ3) is 6.42. The molecule has 0 amide bonds. The summed E-state index contributed by atoms with van der Waals surface area (Å²) in [5, 5.41) is 18.5. The molecule has 0 radical (unpaired) electrons. The number of aromatic amines is 1. The lowest BCUT2D eigenvalue weighted by atomic mass is 9.90. The Morgan fingerprint density at radius 1 is 0.974 bits per heavy atom. The van der Waals surface area contributed by atoms with Crippen molar-refractivity contribution in [3.63, 3.8) is 0 Å². The molecule has 4 rings (SSSR count). The van der Waals surface area contributed by atoms with Gasteiger partial charge in [0.1, 0.15) is 18.1 Å². The molecule has 9 heteroatoms. The first-order valence-electron chi connectivity index (χ1n) is 12.4. The molecule has 4 aromatic rings. The Kier molecular flexibility index (Phi) is 8.50. The van der Waals surface area contributed by atoms with Gasteiger partial charge in [0.15, 0.2) is 0 Å². The molecule has 1 aromatic heterocycles. The Morgan fingerprint density at radius 3 is 2.32 bits per heavy atom. The molecule has 0 aliphatic carbocycles. The third-order valence-corrected chi connectivity index (χ3v) is 6.42. The van der Waals surface area contributed by atoms with E-state index >= 15 is 0 Å². The molecule has 0 fully saturated rings. The summed E-state index contributed by atoms with van der Waals surface area (Å²) in [7, 11) is 0. The number of aromatic nitrogens is 2. The zero-order valence-electron chi connectivity index (χ0n) is 21.7. The fourth-order valence-corrected chi connectivity index (χ4v) is 4.38. The third-order valence-electron chi connectivity index (χ3n) is 6.42. The van der Waals surface area contributed by atoms with Crippen LogP contribution in [-0.2, 0) is 13.2 Å². The van der Waals surface area contributed by atoms with Crippen molar-refractivity contribution >= 4 is 0 Å². The zero-order chi connectivity index (χ0) is 27.2. The number of nitrogens with one attached hydrogen (secondary N) is 1. The SMILES string of the molecule is Cc1cc(OCC[C@@H](O)CO)cc(C)c1-c1cccc(COc2ccc(Cn3oc(=O)[nH]c3=O)cc2)c1C. The van der Waals surface area contributed by atoms with Crippen molar-refractivity contribution in [2.75, 3.05) is 13.2 Å². The van der Waals surface area contributed by atoms with E-state index in [-0.39, 0.29) is 13.2 Å². The van der Waals surface area contributed by atoms with Crippen LogP contribution in [0.15, 0.2) is 68.7 Å². The highest BCUT2D eigenvalue weighted by molar-refractivity contribution is 5.75. The molecular formula is C29H32N2O7. The summed E-state index contributed by atoms with van der Waals surface area (Å²) in [6.45, 7) is 6.77. The Balaban J connectivity index is 1.44. The van der Waals surface area contributed by atoms with Crippen molar-refractivity contribution in [1.82, 2.24) is 9.72 Å². The number of benzene rings is 3. The van der Waals surface area contributed by atoms with E-state index in [1.807, 2.05) is 48.5 Å². The second-order valence-electron chi connectivity index (χ2n) is 9.27. The predicted molar refractivity (Wildman–Crippen MR) is 143 cm³/mol. The summed E-state index contributed by atoms with van der Waals surface area (Å²) >= 11 is 0. The van der Waals surface area contributed by atoms with Crippen LogP contribution in [0.2, 0.25) is 0 Å². The number of H-pyrrole nitrogens is 1. The zero-order valence-corrected chi connectivity index (χ0v) is 21.7. The molecule has 0 spiro atoms. The van der Waals surface area contributed by atoms with Crippen molar-refractivity contribution in [3.8, 4) is 22.6 Å². The Labute approximate surface area is 219 Å². The fraction of sp³-hybridized carbons (Fsp3) is 0.310. The predicted octanol–water partition coefficient (Wildman–Crippen LogP) is 3.47. The first-order chi connectivity index (χ1) is 18.2. The minimum atomic E-state index is -0.780. The molecule has 38 heavy (non-hydrogen) atoms. The number of aliphatic hydroxyl groups is 2. The fourth-order valence-electron chi connectivity index (χ4n) is 4.38. The summed E-state index contributed by atoms with van der Waals surface area (Å²) < 4.78 is 17.6. The summed E-state index contributed by atoms with van der Waals surface area (Å²) in [6, 6.07) is 17.4. The number of nitrogens with zero attached hydrogens (tertiary/aromatic N) is 1. The van der Waals surface area contributed by atoms with E-state index in [0.29, 0.717) is 25.4 Å². The molecule has 3 aromatic carbocycles. The lowest BCUT2D eigenvalue weighted by molar-refractivity contribution is 0.0754. The topological polar surface area (TPSA) is 127 Å². The normalized spacial score (nSPS) is 11.9. The lowest BCUT2D eigenvalue weighted by Gasteiger charge is -2.18. The molecule has 9 nitrogen and oxygen atoms in total. The van der Waals surface area contributed by atoms with Crippen molar-refractivity contribution < 1.29 is 24.2 Å². The monoisotopic (exact) mass is 520 g/mol. The van der Waals surface area contributed by atoms with Crippen LogP contribution in [0.4, 0.5) is 0 Å². The molecule has 0 saturated heterocycles. The van der Waals surface area contributed by atoms with Gasteiger partial charge in [-0.2, -0.15) is 0 Å². The highest BCUT2D eigenvalue weighted by Gasteiger charge is 2.14. The van der Waals surface area contributed by atoms with Gasteiger partial charge in [0.25, 0.3) is 0 Å². The average Bonchev–Trinajstić information content (AvgIpc) is 3.20. The summed E-state index contributed by atoms with van der Waals surface area (Å²) in [5.74, 6) is 0.636. The van der Waals surface area contributed by atoms with Crippen LogP contribution in [0.5, 0.6) is 11.5 Å². The van der Waals surface area contributed by atoms with Crippen LogP contribution in [0.3, 0.4) is 0 Å². The van der Waals surface area contributed by atoms with E-state index in [0.717, 1.165) is 49.4 Å². The van der Waals surface area contributed by atoms with Crippen molar-refractivity contribution in [2.24, 2.45) is 0 Å². The van der Waals surface area contributed by atoms with Gasteiger partial charge in [-0.05, 0) is 84.0 Å². The van der Waals surface area contributed by atoms with Gasteiger partial charge in [-0.1, -0.05) is 30.3 Å². The van der Waals surface area contributed by atoms with Crippen LogP contribution in [0.1, 0.15) is 34.2 Å². The Morgan fingerprint density at radius 2 is 1.68 bits per heavy atom. The van der Waals surface area contributed by atoms with Gasteiger partial charge in [-0.15, -0.1) is 4.74 Å². The van der Waals surface area contributed by atoms with Gasteiger partial charge in [0, 0.05) is 6.42 Å². The molecule has 0 unspecified atom stereocenters. The summed E-state index contributed by atoms with van der Waals surface area (Å²) in [6.07, 6.45) is -0.410. The van der Waals surface area contributed by atoms with E-state index < -0.39 is 17.5 Å². The maximum atomic E-state index is 11.6. The van der Waals surface area contributed by atoms with E-state index in [2.05, 4.69) is 31.8 Å². The minimum Gasteiger partial charge on any atom is -0.493 e.